The van der Waals surface area contributed by atoms with Gasteiger partial charge in [0, 0.05) is 30.5 Å². The van der Waals surface area contributed by atoms with Crippen molar-refractivity contribution in [3.8, 4) is 11.1 Å². The normalized spacial score (nSPS) is 12.1. The molecule has 0 atom stereocenters. The molecular formula is C27H20F2N4O2. The van der Waals surface area contributed by atoms with Crippen LogP contribution in [0.2, 0.25) is 0 Å². The summed E-state index contributed by atoms with van der Waals surface area (Å²) in [7, 11) is 0. The van der Waals surface area contributed by atoms with Crippen molar-refractivity contribution in [2.24, 2.45) is 0 Å². The molecule has 3 aromatic carbocycles. The lowest BCUT2D eigenvalue weighted by atomic mass is 9.96. The van der Waals surface area contributed by atoms with Gasteiger partial charge in [-0.05, 0) is 64.7 Å². The van der Waals surface area contributed by atoms with E-state index in [1.165, 1.54) is 6.07 Å². The Morgan fingerprint density at radius 3 is 2.63 bits per heavy atom. The van der Waals surface area contributed by atoms with Crippen molar-refractivity contribution >= 4 is 23.3 Å². The molecular weight excluding hydrogens is 450 g/mol. The number of nitrogens with one attached hydrogen (secondary N) is 3. The van der Waals surface area contributed by atoms with E-state index in [-0.39, 0.29) is 12.5 Å². The molecule has 174 valence electrons. The van der Waals surface area contributed by atoms with Gasteiger partial charge in [0.15, 0.2) is 11.6 Å². The standard InChI is InChI=1S/C27H20F2N4O2/c28-23-10-9-16(12-24(23)29)14-31-27(35)21-8-3-11-30-25(21)33-18-5-1-4-17(13-18)19-6-2-7-20-22(19)15-32-26(20)34/h1-13H,14-15H2,(H,30,33)(H,31,35)(H,32,34). The fourth-order valence-corrected chi connectivity index (χ4v) is 4.04. The molecule has 8 heteroatoms. The molecule has 3 N–H and O–H groups in total. The number of rotatable bonds is 6. The molecule has 0 unspecified atom stereocenters. The third-order valence-electron chi connectivity index (χ3n) is 5.77. The molecule has 1 aliphatic rings. The van der Waals surface area contributed by atoms with E-state index in [1.807, 2.05) is 42.5 Å². The number of pyridine rings is 1. The highest BCUT2D eigenvalue weighted by molar-refractivity contribution is 6.01. The first kappa shape index (κ1) is 22.2. The minimum absolute atomic E-state index is 0.0335. The first-order valence-corrected chi connectivity index (χ1v) is 10.9. The molecule has 2 heterocycles. The Balaban J connectivity index is 1.36. The van der Waals surface area contributed by atoms with Gasteiger partial charge in [-0.3, -0.25) is 9.59 Å². The Morgan fingerprint density at radius 1 is 0.943 bits per heavy atom. The number of hydrogen-bond donors (Lipinski definition) is 3. The van der Waals surface area contributed by atoms with Crippen LogP contribution in [0.25, 0.3) is 11.1 Å². The summed E-state index contributed by atoms with van der Waals surface area (Å²) in [6.45, 7) is 0.510. The fraction of sp³-hybridized carbons (Fsp3) is 0.0741. The second-order valence-electron chi connectivity index (χ2n) is 8.05. The van der Waals surface area contributed by atoms with Gasteiger partial charge in [-0.15, -0.1) is 0 Å². The minimum atomic E-state index is -0.968. The Hall–Kier alpha value is -4.59. The highest BCUT2D eigenvalue weighted by atomic mass is 19.2. The minimum Gasteiger partial charge on any atom is -0.348 e. The number of amides is 2. The number of carbonyl (C=O) groups is 2. The molecule has 0 aliphatic carbocycles. The van der Waals surface area contributed by atoms with Crippen molar-refractivity contribution in [3.63, 3.8) is 0 Å². The molecule has 0 radical (unpaired) electrons. The maximum Gasteiger partial charge on any atom is 0.255 e. The van der Waals surface area contributed by atoms with Crippen LogP contribution in [-0.4, -0.2) is 16.8 Å². The smallest absolute Gasteiger partial charge is 0.255 e. The quantitative estimate of drug-likeness (QED) is 0.373. The van der Waals surface area contributed by atoms with E-state index in [1.54, 1.807) is 18.3 Å². The molecule has 0 saturated carbocycles. The number of halogens is 2. The number of aromatic nitrogens is 1. The largest absolute Gasteiger partial charge is 0.348 e. The summed E-state index contributed by atoms with van der Waals surface area (Å²) in [4.78, 5) is 29.2. The number of anilines is 2. The summed E-state index contributed by atoms with van der Waals surface area (Å²) in [5.41, 5.74) is 4.95. The van der Waals surface area contributed by atoms with Crippen LogP contribution in [0.3, 0.4) is 0 Å². The van der Waals surface area contributed by atoms with E-state index in [4.69, 9.17) is 0 Å². The van der Waals surface area contributed by atoms with Crippen molar-refractivity contribution in [1.29, 1.82) is 0 Å². The van der Waals surface area contributed by atoms with Crippen LogP contribution in [0.15, 0.2) is 79.0 Å². The molecule has 2 amide bonds. The van der Waals surface area contributed by atoms with Gasteiger partial charge >= 0.3 is 0 Å². The Bertz CT molecular complexity index is 1460. The van der Waals surface area contributed by atoms with Gasteiger partial charge in [0.2, 0.25) is 0 Å². The lowest BCUT2D eigenvalue weighted by molar-refractivity contribution is 0.0947. The van der Waals surface area contributed by atoms with Gasteiger partial charge in [0.25, 0.3) is 11.8 Å². The number of carbonyl (C=O) groups excluding carboxylic acids is 2. The number of benzene rings is 3. The van der Waals surface area contributed by atoms with Crippen LogP contribution in [0.5, 0.6) is 0 Å². The van der Waals surface area contributed by atoms with E-state index in [0.717, 1.165) is 28.8 Å². The maximum atomic E-state index is 13.5. The molecule has 4 aromatic rings. The third-order valence-corrected chi connectivity index (χ3v) is 5.77. The molecule has 0 spiro atoms. The topological polar surface area (TPSA) is 83.1 Å². The van der Waals surface area contributed by atoms with Crippen molar-refractivity contribution in [3.05, 3.63) is 113 Å². The summed E-state index contributed by atoms with van der Waals surface area (Å²) < 4.78 is 26.6. The maximum absolute atomic E-state index is 13.5. The average Bonchev–Trinajstić information content (AvgIpc) is 3.26. The van der Waals surface area contributed by atoms with Crippen molar-refractivity contribution in [2.45, 2.75) is 13.1 Å². The van der Waals surface area contributed by atoms with E-state index in [0.29, 0.717) is 34.7 Å². The summed E-state index contributed by atoms with van der Waals surface area (Å²) in [5, 5.41) is 8.75. The Morgan fingerprint density at radius 2 is 1.77 bits per heavy atom. The van der Waals surface area contributed by atoms with Crippen LogP contribution < -0.4 is 16.0 Å². The van der Waals surface area contributed by atoms with Crippen LogP contribution in [0.4, 0.5) is 20.3 Å². The van der Waals surface area contributed by atoms with Gasteiger partial charge in [-0.25, -0.2) is 13.8 Å². The van der Waals surface area contributed by atoms with Crippen LogP contribution in [0.1, 0.15) is 31.8 Å². The number of fused-ring (bicyclic) bond motifs is 1. The van der Waals surface area contributed by atoms with Gasteiger partial charge in [-0.1, -0.05) is 30.3 Å². The monoisotopic (exact) mass is 470 g/mol. The van der Waals surface area contributed by atoms with Gasteiger partial charge in [0.05, 0.1) is 5.56 Å². The van der Waals surface area contributed by atoms with Crippen molar-refractivity contribution in [2.75, 3.05) is 5.32 Å². The Labute approximate surface area is 200 Å². The van der Waals surface area contributed by atoms with Gasteiger partial charge < -0.3 is 16.0 Å². The average molecular weight is 470 g/mol. The molecule has 0 saturated heterocycles. The summed E-state index contributed by atoms with van der Waals surface area (Å²) in [6.07, 6.45) is 1.57. The molecule has 35 heavy (non-hydrogen) atoms. The predicted molar refractivity (Wildman–Crippen MR) is 128 cm³/mol. The highest BCUT2D eigenvalue weighted by Crippen LogP contribution is 2.31. The van der Waals surface area contributed by atoms with Gasteiger partial charge in [0.1, 0.15) is 5.82 Å². The van der Waals surface area contributed by atoms with E-state index in [2.05, 4.69) is 20.9 Å². The lowest BCUT2D eigenvalue weighted by Gasteiger charge is -2.13. The molecule has 0 bridgehead atoms. The summed E-state index contributed by atoms with van der Waals surface area (Å²) in [5.74, 6) is -2.05. The van der Waals surface area contributed by atoms with E-state index in [9.17, 15) is 18.4 Å². The second kappa shape index (κ2) is 9.34. The first-order valence-electron chi connectivity index (χ1n) is 10.9. The molecule has 6 nitrogen and oxygen atoms in total. The first-order chi connectivity index (χ1) is 17.0. The zero-order valence-corrected chi connectivity index (χ0v) is 18.4. The fourth-order valence-electron chi connectivity index (χ4n) is 4.04. The third kappa shape index (κ3) is 4.59. The molecule has 1 aliphatic heterocycles. The zero-order chi connectivity index (χ0) is 24.4. The summed E-state index contributed by atoms with van der Waals surface area (Å²) in [6, 6.07) is 20.0. The van der Waals surface area contributed by atoms with Crippen LogP contribution in [-0.2, 0) is 13.1 Å². The SMILES string of the molecule is O=C(NCc1ccc(F)c(F)c1)c1cccnc1Nc1cccc(-c2cccc3c2CNC3=O)c1. The molecule has 5 rings (SSSR count). The molecule has 0 fully saturated rings. The van der Waals surface area contributed by atoms with Crippen LogP contribution in [0, 0.1) is 11.6 Å². The van der Waals surface area contributed by atoms with Crippen molar-refractivity contribution < 1.29 is 18.4 Å². The van der Waals surface area contributed by atoms with Gasteiger partial charge in [-0.2, -0.15) is 0 Å². The second-order valence-corrected chi connectivity index (χ2v) is 8.05. The lowest BCUT2D eigenvalue weighted by Crippen LogP contribution is -2.24. The highest BCUT2D eigenvalue weighted by Gasteiger charge is 2.22. The number of nitrogens with zero attached hydrogens (tertiary/aromatic N) is 1. The molecule has 1 aromatic heterocycles. The predicted octanol–water partition coefficient (Wildman–Crippen LogP) is 4.94. The number of hydrogen-bond acceptors (Lipinski definition) is 4. The van der Waals surface area contributed by atoms with Crippen LogP contribution >= 0.6 is 0 Å². The Kier molecular flexibility index (Phi) is 5.93. The van der Waals surface area contributed by atoms with E-state index >= 15 is 0 Å². The summed E-state index contributed by atoms with van der Waals surface area (Å²) >= 11 is 0. The van der Waals surface area contributed by atoms with E-state index < -0.39 is 17.5 Å². The van der Waals surface area contributed by atoms with Crippen molar-refractivity contribution in [1.82, 2.24) is 15.6 Å². The zero-order valence-electron chi connectivity index (χ0n) is 18.4.